The number of terminal acetylenes is 1. The molecule has 0 bridgehead atoms. The maximum atomic E-state index is 4.00. The van der Waals surface area contributed by atoms with Crippen LogP contribution in [0.5, 0.6) is 0 Å². The minimum absolute atomic E-state index is 0.0599. The van der Waals surface area contributed by atoms with Gasteiger partial charge in [0.2, 0.25) is 0 Å². The number of aryl methyl sites for hydroxylation is 1. The molecule has 0 spiro atoms. The number of rotatable bonds is 3. The van der Waals surface area contributed by atoms with Gasteiger partial charge in [-0.05, 0) is 51.1 Å². The van der Waals surface area contributed by atoms with Gasteiger partial charge in [-0.3, -0.25) is 0 Å². The molecule has 0 nitrogen and oxygen atoms in total. The minimum atomic E-state index is 0.0599. The molecule has 22 heavy (non-hydrogen) atoms. The number of benzene rings is 2. The molecular formula is C21H25S+. The third-order valence-corrected chi connectivity index (χ3v) is 4.65. The summed E-state index contributed by atoms with van der Waals surface area (Å²) in [5.41, 5.74) is 1.31. The molecule has 1 unspecified atom stereocenters. The zero-order valence-corrected chi connectivity index (χ0v) is 14.5. The molecule has 2 aromatic carbocycles. The predicted molar refractivity (Wildman–Crippen MR) is 102 cm³/mol. The SMILES string of the molecule is C#C.C/C=C/[S+](c1ccccc1)c1ccc(C)cc1.C=CC. The topological polar surface area (TPSA) is 0 Å². The van der Waals surface area contributed by atoms with Crippen LogP contribution in [-0.4, -0.2) is 0 Å². The lowest BCUT2D eigenvalue weighted by Gasteiger charge is -2.03. The first-order chi connectivity index (χ1) is 10.7. The van der Waals surface area contributed by atoms with Gasteiger partial charge in [-0.1, -0.05) is 42.0 Å². The molecule has 0 aliphatic rings. The van der Waals surface area contributed by atoms with Crippen LogP contribution in [0, 0.1) is 19.8 Å². The summed E-state index contributed by atoms with van der Waals surface area (Å²) in [7, 11) is 0.0599. The second-order valence-electron chi connectivity index (χ2n) is 4.34. The van der Waals surface area contributed by atoms with Crippen LogP contribution in [0.25, 0.3) is 0 Å². The lowest BCUT2D eigenvalue weighted by molar-refractivity contribution is 1.35. The van der Waals surface area contributed by atoms with E-state index in [1.807, 2.05) is 6.92 Å². The quantitative estimate of drug-likeness (QED) is 0.370. The largest absolute Gasteiger partial charge is 0.165 e. The molecule has 0 N–H and O–H groups in total. The zero-order valence-electron chi connectivity index (χ0n) is 13.7. The second-order valence-corrected chi connectivity index (χ2v) is 6.23. The van der Waals surface area contributed by atoms with Gasteiger partial charge in [-0.25, -0.2) is 0 Å². The highest BCUT2D eigenvalue weighted by molar-refractivity contribution is 7.99. The highest BCUT2D eigenvalue weighted by Crippen LogP contribution is 2.24. The molecule has 0 aromatic heterocycles. The fraction of sp³-hybridized carbons (Fsp3) is 0.143. The van der Waals surface area contributed by atoms with Crippen molar-refractivity contribution in [2.75, 3.05) is 0 Å². The van der Waals surface area contributed by atoms with Gasteiger partial charge in [0.05, 0.1) is 10.9 Å². The van der Waals surface area contributed by atoms with E-state index < -0.39 is 0 Å². The Balaban J connectivity index is 0.000000789. The van der Waals surface area contributed by atoms with E-state index in [9.17, 15) is 0 Å². The van der Waals surface area contributed by atoms with Gasteiger partial charge in [-0.2, -0.15) is 0 Å². The average Bonchev–Trinajstić information content (AvgIpc) is 2.57. The summed E-state index contributed by atoms with van der Waals surface area (Å²) < 4.78 is 0. The Morgan fingerprint density at radius 3 is 1.77 bits per heavy atom. The minimum Gasteiger partial charge on any atom is -0.124 e. The number of allylic oxidation sites excluding steroid dienone is 2. The van der Waals surface area contributed by atoms with Crippen LogP contribution >= 0.6 is 0 Å². The number of hydrogen-bond acceptors (Lipinski definition) is 0. The molecule has 2 aromatic rings. The van der Waals surface area contributed by atoms with Crippen LogP contribution in [0.1, 0.15) is 19.4 Å². The van der Waals surface area contributed by atoms with Crippen LogP contribution in [0.15, 0.2) is 88.5 Å². The summed E-state index contributed by atoms with van der Waals surface area (Å²) in [4.78, 5) is 2.74. The Kier molecular flexibility index (Phi) is 11.3. The van der Waals surface area contributed by atoms with E-state index in [-0.39, 0.29) is 10.9 Å². The first-order valence-electron chi connectivity index (χ1n) is 7.11. The van der Waals surface area contributed by atoms with E-state index >= 15 is 0 Å². The van der Waals surface area contributed by atoms with Crippen LogP contribution in [-0.2, 0) is 10.9 Å². The smallest absolute Gasteiger partial charge is 0.124 e. The molecular weight excluding hydrogens is 284 g/mol. The maximum absolute atomic E-state index is 4.00. The van der Waals surface area contributed by atoms with E-state index in [1.165, 1.54) is 15.4 Å². The van der Waals surface area contributed by atoms with E-state index in [0.717, 1.165) is 0 Å². The molecule has 2 rings (SSSR count). The van der Waals surface area contributed by atoms with E-state index in [2.05, 4.69) is 99.4 Å². The summed E-state index contributed by atoms with van der Waals surface area (Å²) in [5.74, 6) is 0. The summed E-state index contributed by atoms with van der Waals surface area (Å²) >= 11 is 0. The Labute approximate surface area is 138 Å². The summed E-state index contributed by atoms with van der Waals surface area (Å²) in [6, 6.07) is 19.5. The van der Waals surface area contributed by atoms with Gasteiger partial charge >= 0.3 is 0 Å². The molecule has 0 saturated heterocycles. The van der Waals surface area contributed by atoms with Crippen molar-refractivity contribution in [1.29, 1.82) is 0 Å². The molecule has 0 heterocycles. The van der Waals surface area contributed by atoms with Crippen molar-refractivity contribution in [1.82, 2.24) is 0 Å². The summed E-state index contributed by atoms with van der Waals surface area (Å²) in [6.07, 6.45) is 11.9. The normalized spacial score (nSPS) is 10.6. The first-order valence-corrected chi connectivity index (χ1v) is 8.39. The van der Waals surface area contributed by atoms with Crippen molar-refractivity contribution >= 4 is 10.9 Å². The Hall–Kier alpha value is -2.17. The average molecular weight is 309 g/mol. The molecule has 114 valence electrons. The standard InChI is InChI=1S/C16H17S.C3H6.C2H2/c1-3-13-17(15-7-5-4-6-8-15)16-11-9-14(2)10-12-16;1-3-2;1-2/h3-13H,1-2H3;3H,1H2,2H3;1-2H/q+1;;/b13-3+;;. The lowest BCUT2D eigenvalue weighted by atomic mass is 10.2. The molecule has 0 aliphatic carbocycles. The van der Waals surface area contributed by atoms with E-state index in [1.54, 1.807) is 6.08 Å². The first kappa shape index (κ1) is 19.8. The highest BCUT2D eigenvalue weighted by atomic mass is 32.2. The molecule has 1 heteroatoms. The zero-order chi connectivity index (χ0) is 16.8. The molecule has 1 atom stereocenters. The number of hydrogen-bond donors (Lipinski definition) is 0. The van der Waals surface area contributed by atoms with E-state index in [0.29, 0.717) is 0 Å². The van der Waals surface area contributed by atoms with Crippen molar-refractivity contribution in [3.8, 4) is 12.8 Å². The van der Waals surface area contributed by atoms with Gasteiger partial charge in [0.1, 0.15) is 5.41 Å². The monoisotopic (exact) mass is 309 g/mol. The maximum Gasteiger partial charge on any atom is 0.165 e. The van der Waals surface area contributed by atoms with Crippen molar-refractivity contribution in [3.05, 3.63) is 84.3 Å². The fourth-order valence-corrected chi connectivity index (χ4v) is 3.42. The van der Waals surface area contributed by atoms with Gasteiger partial charge < -0.3 is 0 Å². The summed E-state index contributed by atoms with van der Waals surface area (Å²) in [5, 5.41) is 2.28. The van der Waals surface area contributed by atoms with Gasteiger partial charge in [-0.15, -0.1) is 19.4 Å². The molecule has 0 amide bonds. The summed E-state index contributed by atoms with van der Waals surface area (Å²) in [6.45, 7) is 9.46. The molecule has 0 saturated carbocycles. The van der Waals surface area contributed by atoms with Crippen LogP contribution < -0.4 is 0 Å². The second kappa shape index (κ2) is 12.6. The van der Waals surface area contributed by atoms with Crippen molar-refractivity contribution in [2.45, 2.75) is 30.6 Å². The van der Waals surface area contributed by atoms with Crippen molar-refractivity contribution < 1.29 is 0 Å². The van der Waals surface area contributed by atoms with Crippen LogP contribution in [0.2, 0.25) is 0 Å². The Morgan fingerprint density at radius 1 is 0.864 bits per heavy atom. The van der Waals surface area contributed by atoms with Gasteiger partial charge in [0, 0.05) is 0 Å². The van der Waals surface area contributed by atoms with Crippen LogP contribution in [0.3, 0.4) is 0 Å². The fourth-order valence-electron chi connectivity index (χ4n) is 1.68. The Bertz CT molecular complexity index is 562. The molecule has 0 radical (unpaired) electrons. The lowest BCUT2D eigenvalue weighted by Crippen LogP contribution is -1.99. The predicted octanol–water partition coefficient (Wildman–Crippen LogP) is 6.01. The third-order valence-electron chi connectivity index (χ3n) is 2.54. The molecule has 0 fully saturated rings. The van der Waals surface area contributed by atoms with Crippen LogP contribution in [0.4, 0.5) is 0 Å². The van der Waals surface area contributed by atoms with Gasteiger partial charge in [0.25, 0.3) is 0 Å². The molecule has 0 aliphatic heterocycles. The highest BCUT2D eigenvalue weighted by Gasteiger charge is 2.21. The third kappa shape index (κ3) is 7.02. The Morgan fingerprint density at radius 2 is 1.32 bits per heavy atom. The van der Waals surface area contributed by atoms with Crippen molar-refractivity contribution in [3.63, 3.8) is 0 Å². The van der Waals surface area contributed by atoms with E-state index in [4.69, 9.17) is 0 Å². The van der Waals surface area contributed by atoms with Crippen molar-refractivity contribution in [2.24, 2.45) is 0 Å². The van der Waals surface area contributed by atoms with Gasteiger partial charge in [0.15, 0.2) is 9.79 Å².